The summed E-state index contributed by atoms with van der Waals surface area (Å²) in [5.41, 5.74) is 5.48. The van der Waals surface area contributed by atoms with Crippen molar-refractivity contribution in [2.75, 3.05) is 0 Å². The summed E-state index contributed by atoms with van der Waals surface area (Å²) in [5.74, 6) is -2.49. The van der Waals surface area contributed by atoms with Gasteiger partial charge >= 0.3 is 0 Å². The second-order valence-corrected chi connectivity index (χ2v) is 10.6. The topological polar surface area (TPSA) is 151 Å². The fourth-order valence-electron chi connectivity index (χ4n) is 3.96. The number of aliphatic hydroxyl groups is 1. The molecule has 0 aliphatic heterocycles. The monoisotopic (exact) mass is 484 g/mol. The number of primary amides is 1. The lowest BCUT2D eigenvalue weighted by Gasteiger charge is -2.31. The summed E-state index contributed by atoms with van der Waals surface area (Å²) in [5, 5.41) is 19.2. The van der Waals surface area contributed by atoms with Gasteiger partial charge in [-0.3, -0.25) is 19.2 Å². The van der Waals surface area contributed by atoms with Crippen molar-refractivity contribution in [1.29, 1.82) is 0 Å². The van der Waals surface area contributed by atoms with Gasteiger partial charge in [0.05, 0.1) is 12.1 Å². The molecule has 0 aromatic heterocycles. The van der Waals surface area contributed by atoms with Gasteiger partial charge in [0.25, 0.3) is 0 Å². The van der Waals surface area contributed by atoms with Crippen LogP contribution in [-0.2, 0) is 19.2 Å². The summed E-state index contributed by atoms with van der Waals surface area (Å²) in [4.78, 5) is 49.7. The van der Waals surface area contributed by atoms with E-state index in [1.54, 1.807) is 0 Å². The van der Waals surface area contributed by atoms with Crippen LogP contribution in [-0.4, -0.2) is 53.0 Å². The van der Waals surface area contributed by atoms with Crippen molar-refractivity contribution in [3.8, 4) is 0 Å². The molecule has 4 amide bonds. The molecule has 198 valence electrons. The smallest absolute Gasteiger partial charge is 0.243 e. The van der Waals surface area contributed by atoms with Crippen LogP contribution >= 0.6 is 0 Å². The Balaban J connectivity index is 5.56. The van der Waals surface area contributed by atoms with Crippen LogP contribution in [0.15, 0.2) is 0 Å². The minimum absolute atomic E-state index is 0.110. The van der Waals surface area contributed by atoms with Gasteiger partial charge in [0.1, 0.15) is 12.1 Å². The van der Waals surface area contributed by atoms with E-state index in [0.717, 1.165) is 0 Å². The lowest BCUT2D eigenvalue weighted by Crippen LogP contribution is -2.57. The van der Waals surface area contributed by atoms with E-state index >= 15 is 0 Å². The second-order valence-electron chi connectivity index (χ2n) is 10.6. The number of carbonyl (C=O) groups is 4. The summed E-state index contributed by atoms with van der Waals surface area (Å²) in [6.07, 6.45) is 0.463. The van der Waals surface area contributed by atoms with E-state index in [1.807, 2.05) is 55.4 Å². The zero-order chi connectivity index (χ0) is 26.7. The molecule has 9 heteroatoms. The normalized spacial score (nSPS) is 17.0. The third-order valence-electron chi connectivity index (χ3n) is 6.28. The molecule has 0 spiro atoms. The SMILES string of the molecule is CCC(C)[C@H](NC(=O)[C@@H](NC(=O)[C@H](C[C@H](O)[C@H](CC(C)C)NC(C)=O)C(C)C)C(C)C)C(N)=O. The molecule has 0 aromatic rings. The Bertz CT molecular complexity index is 680. The van der Waals surface area contributed by atoms with Gasteiger partial charge in [0, 0.05) is 12.8 Å². The van der Waals surface area contributed by atoms with Crippen LogP contribution in [0.3, 0.4) is 0 Å². The molecular weight excluding hydrogens is 436 g/mol. The number of carbonyl (C=O) groups excluding carboxylic acids is 4. The molecule has 0 rings (SSSR count). The number of nitrogens with one attached hydrogen (secondary N) is 3. The van der Waals surface area contributed by atoms with E-state index < -0.39 is 42.0 Å². The molecule has 0 radical (unpaired) electrons. The van der Waals surface area contributed by atoms with Gasteiger partial charge < -0.3 is 26.8 Å². The number of aliphatic hydroxyl groups excluding tert-OH is 1. The molecule has 0 saturated heterocycles. The number of hydrogen-bond acceptors (Lipinski definition) is 5. The average molecular weight is 485 g/mol. The van der Waals surface area contributed by atoms with Crippen LogP contribution in [0.5, 0.6) is 0 Å². The summed E-state index contributed by atoms with van der Waals surface area (Å²) < 4.78 is 0. The Morgan fingerprint density at radius 3 is 1.71 bits per heavy atom. The highest BCUT2D eigenvalue weighted by Gasteiger charge is 2.34. The molecule has 0 aromatic carbocycles. The van der Waals surface area contributed by atoms with Crippen molar-refractivity contribution < 1.29 is 24.3 Å². The van der Waals surface area contributed by atoms with Crippen molar-refractivity contribution in [3.63, 3.8) is 0 Å². The molecule has 34 heavy (non-hydrogen) atoms. The van der Waals surface area contributed by atoms with Crippen molar-refractivity contribution in [2.24, 2.45) is 35.3 Å². The molecule has 9 nitrogen and oxygen atoms in total. The lowest BCUT2D eigenvalue weighted by atomic mass is 9.85. The Morgan fingerprint density at radius 1 is 0.794 bits per heavy atom. The molecule has 0 heterocycles. The molecule has 0 aliphatic carbocycles. The van der Waals surface area contributed by atoms with Crippen LogP contribution in [0, 0.1) is 29.6 Å². The van der Waals surface area contributed by atoms with Crippen LogP contribution in [0.4, 0.5) is 0 Å². The third-order valence-corrected chi connectivity index (χ3v) is 6.28. The van der Waals surface area contributed by atoms with Gasteiger partial charge in [-0.15, -0.1) is 0 Å². The van der Waals surface area contributed by atoms with E-state index in [9.17, 15) is 24.3 Å². The second kappa shape index (κ2) is 15.0. The summed E-state index contributed by atoms with van der Waals surface area (Å²) >= 11 is 0. The van der Waals surface area contributed by atoms with Gasteiger partial charge in [-0.1, -0.05) is 61.8 Å². The standard InChI is InChI=1S/C25H48N4O5/c1-10-16(8)22(23(26)32)29-25(34)21(15(6)7)28-24(33)18(14(4)5)12-20(31)19(11-13(2)3)27-17(9)30/h13-16,18-22,31H,10-12H2,1-9H3,(H2,26,32)(H,27,30)(H,28,33)(H,29,34)/t16?,18-,19+,20+,21+,22+/m1/s1. The first kappa shape index (κ1) is 31.8. The average Bonchev–Trinajstić information content (AvgIpc) is 2.70. The van der Waals surface area contributed by atoms with Crippen LogP contribution in [0.25, 0.3) is 0 Å². The first-order valence-electron chi connectivity index (χ1n) is 12.5. The first-order valence-corrected chi connectivity index (χ1v) is 12.5. The predicted octanol–water partition coefficient (Wildman–Crippen LogP) is 1.72. The zero-order valence-electron chi connectivity index (χ0n) is 22.5. The maximum Gasteiger partial charge on any atom is 0.243 e. The van der Waals surface area contributed by atoms with Crippen molar-refractivity contribution in [3.05, 3.63) is 0 Å². The summed E-state index contributed by atoms with van der Waals surface area (Å²) in [7, 11) is 0. The van der Waals surface area contributed by atoms with Gasteiger partial charge in [0.15, 0.2) is 0 Å². The van der Waals surface area contributed by atoms with E-state index in [-0.39, 0.29) is 41.9 Å². The maximum absolute atomic E-state index is 13.2. The minimum Gasteiger partial charge on any atom is -0.391 e. The maximum atomic E-state index is 13.2. The quantitative estimate of drug-likeness (QED) is 0.240. The van der Waals surface area contributed by atoms with Crippen LogP contribution in [0.2, 0.25) is 0 Å². The van der Waals surface area contributed by atoms with Crippen molar-refractivity contribution >= 4 is 23.6 Å². The highest BCUT2D eigenvalue weighted by Crippen LogP contribution is 2.22. The third kappa shape index (κ3) is 10.8. The minimum atomic E-state index is -0.916. The van der Waals surface area contributed by atoms with Gasteiger partial charge in [-0.2, -0.15) is 0 Å². The molecule has 6 N–H and O–H groups in total. The molecule has 1 unspecified atom stereocenters. The Kier molecular flexibility index (Phi) is 14.0. The van der Waals surface area contributed by atoms with Crippen LogP contribution < -0.4 is 21.7 Å². The predicted molar refractivity (Wildman–Crippen MR) is 133 cm³/mol. The van der Waals surface area contributed by atoms with E-state index in [1.165, 1.54) is 6.92 Å². The molecular formula is C25H48N4O5. The molecule has 6 atom stereocenters. The van der Waals surface area contributed by atoms with E-state index in [4.69, 9.17) is 5.73 Å². The fraction of sp³-hybridized carbons (Fsp3) is 0.840. The van der Waals surface area contributed by atoms with Gasteiger partial charge in [0.2, 0.25) is 23.6 Å². The van der Waals surface area contributed by atoms with E-state index in [0.29, 0.717) is 12.8 Å². The molecule has 0 aliphatic rings. The summed E-state index contributed by atoms with van der Waals surface area (Å²) in [6.45, 7) is 16.5. The van der Waals surface area contributed by atoms with Crippen molar-refractivity contribution in [1.82, 2.24) is 16.0 Å². The summed E-state index contributed by atoms with van der Waals surface area (Å²) in [6, 6.07) is -2.16. The highest BCUT2D eigenvalue weighted by atomic mass is 16.3. The molecule has 0 fully saturated rings. The molecule has 0 bridgehead atoms. The first-order chi connectivity index (χ1) is 15.6. The fourth-order valence-corrected chi connectivity index (χ4v) is 3.96. The Morgan fingerprint density at radius 2 is 1.32 bits per heavy atom. The number of nitrogens with two attached hydrogens (primary N) is 1. The Labute approximate surface area is 205 Å². The number of rotatable bonds is 15. The van der Waals surface area contributed by atoms with Crippen molar-refractivity contribution in [2.45, 2.75) is 106 Å². The van der Waals surface area contributed by atoms with E-state index in [2.05, 4.69) is 16.0 Å². The van der Waals surface area contributed by atoms with Crippen LogP contribution in [0.1, 0.15) is 81.6 Å². The molecule has 0 saturated carbocycles. The largest absolute Gasteiger partial charge is 0.391 e. The van der Waals surface area contributed by atoms with Gasteiger partial charge in [-0.05, 0) is 36.5 Å². The van der Waals surface area contributed by atoms with Gasteiger partial charge in [-0.25, -0.2) is 0 Å². The Hall–Kier alpha value is -2.16. The zero-order valence-corrected chi connectivity index (χ0v) is 22.5. The highest BCUT2D eigenvalue weighted by molar-refractivity contribution is 5.92. The number of amides is 4. The number of hydrogen-bond donors (Lipinski definition) is 5. The lowest BCUT2D eigenvalue weighted by molar-refractivity contribution is -0.135.